The Morgan fingerprint density at radius 3 is 2.70 bits per heavy atom. The van der Waals surface area contributed by atoms with Crippen LogP contribution < -0.4 is 0 Å². The predicted molar refractivity (Wildman–Crippen MR) is 94.9 cm³/mol. The highest BCUT2D eigenvalue weighted by atomic mass is 79.9. The Balaban J connectivity index is 2.03. The van der Waals surface area contributed by atoms with Crippen molar-refractivity contribution in [3.63, 3.8) is 0 Å². The maximum atomic E-state index is 9.64. The van der Waals surface area contributed by atoms with Crippen molar-refractivity contribution >= 4 is 37.5 Å². The molecule has 0 saturated carbocycles. The molecule has 0 bridgehead atoms. The van der Waals surface area contributed by atoms with Crippen LogP contribution in [0.5, 0.6) is 0 Å². The molecule has 0 amide bonds. The van der Waals surface area contributed by atoms with Gasteiger partial charge in [-0.15, -0.1) is 0 Å². The van der Waals surface area contributed by atoms with Crippen molar-refractivity contribution in [2.75, 3.05) is 0 Å². The van der Waals surface area contributed by atoms with E-state index in [-0.39, 0.29) is 0 Å². The smallest absolute Gasteiger partial charge is 0.100 e. The molecule has 23 heavy (non-hydrogen) atoms. The van der Waals surface area contributed by atoms with Gasteiger partial charge in [-0.05, 0) is 23.6 Å². The molecule has 0 unspecified atom stereocenters. The van der Waals surface area contributed by atoms with Gasteiger partial charge in [0.15, 0.2) is 0 Å². The standard InChI is InChI=1S/C19H10BrN3/c20-18-3-1-2-12-11-23-19(8-16(12)18)15-5-4-13-10-22-7-6-14(13)17(15)9-21/h1-8,10-11H. The maximum absolute atomic E-state index is 9.64. The summed E-state index contributed by atoms with van der Waals surface area (Å²) >= 11 is 3.58. The molecular formula is C19H10BrN3. The van der Waals surface area contributed by atoms with Gasteiger partial charge in [0.2, 0.25) is 0 Å². The molecule has 0 aliphatic heterocycles. The Kier molecular flexibility index (Phi) is 3.29. The first kappa shape index (κ1) is 13.9. The Labute approximate surface area is 141 Å². The van der Waals surface area contributed by atoms with Gasteiger partial charge in [-0.1, -0.05) is 40.2 Å². The summed E-state index contributed by atoms with van der Waals surface area (Å²) in [7, 11) is 0. The lowest BCUT2D eigenvalue weighted by Gasteiger charge is -2.08. The zero-order chi connectivity index (χ0) is 15.8. The summed E-state index contributed by atoms with van der Waals surface area (Å²) < 4.78 is 1.02. The molecule has 2 aromatic heterocycles. The number of nitrogens with zero attached hydrogens (tertiary/aromatic N) is 3. The minimum absolute atomic E-state index is 0.629. The molecule has 0 aliphatic carbocycles. The first-order chi connectivity index (χ1) is 11.3. The lowest BCUT2D eigenvalue weighted by atomic mass is 9.98. The maximum Gasteiger partial charge on any atom is 0.100 e. The molecule has 0 spiro atoms. The average Bonchev–Trinajstić information content (AvgIpc) is 2.61. The Bertz CT molecular complexity index is 1100. The number of rotatable bonds is 1. The largest absolute Gasteiger partial charge is 0.264 e. The van der Waals surface area contributed by atoms with Crippen molar-refractivity contribution in [2.24, 2.45) is 0 Å². The van der Waals surface area contributed by atoms with E-state index >= 15 is 0 Å². The molecule has 108 valence electrons. The van der Waals surface area contributed by atoms with Gasteiger partial charge in [0.1, 0.15) is 6.07 Å². The number of halogens is 1. The number of aromatic nitrogens is 2. The third-order valence-corrected chi connectivity index (χ3v) is 4.61. The van der Waals surface area contributed by atoms with Gasteiger partial charge in [0.25, 0.3) is 0 Å². The number of hydrogen-bond acceptors (Lipinski definition) is 3. The summed E-state index contributed by atoms with van der Waals surface area (Å²) in [5, 5.41) is 13.6. The quantitative estimate of drug-likeness (QED) is 0.475. The summed E-state index contributed by atoms with van der Waals surface area (Å²) in [5.74, 6) is 0. The number of pyridine rings is 2. The predicted octanol–water partition coefficient (Wildman–Crippen LogP) is 5.08. The van der Waals surface area contributed by atoms with E-state index in [1.807, 2.05) is 48.7 Å². The zero-order valence-electron chi connectivity index (χ0n) is 12.0. The minimum atomic E-state index is 0.629. The Morgan fingerprint density at radius 1 is 0.957 bits per heavy atom. The lowest BCUT2D eigenvalue weighted by Crippen LogP contribution is -1.91. The van der Waals surface area contributed by atoms with Gasteiger partial charge in [-0.25, -0.2) is 0 Å². The number of hydrogen-bond donors (Lipinski definition) is 0. The van der Waals surface area contributed by atoms with Gasteiger partial charge >= 0.3 is 0 Å². The third kappa shape index (κ3) is 2.26. The molecule has 0 saturated heterocycles. The summed E-state index contributed by atoms with van der Waals surface area (Å²) in [6, 6.07) is 16.1. The van der Waals surface area contributed by atoms with E-state index in [4.69, 9.17) is 0 Å². The van der Waals surface area contributed by atoms with E-state index in [1.54, 1.807) is 12.4 Å². The highest BCUT2D eigenvalue weighted by Gasteiger charge is 2.11. The van der Waals surface area contributed by atoms with Crippen molar-refractivity contribution in [3.05, 3.63) is 71.1 Å². The molecule has 0 N–H and O–H groups in total. The van der Waals surface area contributed by atoms with Crippen LogP contribution in [0.4, 0.5) is 0 Å². The van der Waals surface area contributed by atoms with Crippen LogP contribution in [0.1, 0.15) is 5.56 Å². The first-order valence-electron chi connectivity index (χ1n) is 7.09. The number of benzene rings is 2. The monoisotopic (exact) mass is 359 g/mol. The third-order valence-electron chi connectivity index (χ3n) is 3.92. The van der Waals surface area contributed by atoms with Gasteiger partial charge < -0.3 is 0 Å². The van der Waals surface area contributed by atoms with Crippen LogP contribution in [0.15, 0.2) is 65.5 Å². The lowest BCUT2D eigenvalue weighted by molar-refractivity contribution is 1.34. The molecule has 0 radical (unpaired) electrons. The molecule has 4 rings (SSSR count). The van der Waals surface area contributed by atoms with Gasteiger partial charge in [-0.2, -0.15) is 5.26 Å². The van der Waals surface area contributed by atoms with Crippen molar-refractivity contribution < 1.29 is 0 Å². The van der Waals surface area contributed by atoms with Gasteiger partial charge in [0.05, 0.1) is 11.3 Å². The fourth-order valence-corrected chi connectivity index (χ4v) is 3.28. The molecule has 4 aromatic rings. The molecule has 3 nitrogen and oxygen atoms in total. The molecule has 2 aromatic carbocycles. The van der Waals surface area contributed by atoms with Crippen LogP contribution in [0.25, 0.3) is 32.8 Å². The summed E-state index contributed by atoms with van der Waals surface area (Å²) in [4.78, 5) is 8.66. The van der Waals surface area contributed by atoms with E-state index in [0.29, 0.717) is 5.56 Å². The van der Waals surface area contributed by atoms with Gasteiger partial charge in [-0.3, -0.25) is 9.97 Å². The second kappa shape index (κ2) is 5.45. The van der Waals surface area contributed by atoms with Crippen molar-refractivity contribution in [1.29, 1.82) is 5.26 Å². The van der Waals surface area contributed by atoms with E-state index in [9.17, 15) is 5.26 Å². The van der Waals surface area contributed by atoms with Crippen molar-refractivity contribution in [1.82, 2.24) is 9.97 Å². The fraction of sp³-hybridized carbons (Fsp3) is 0. The molecule has 2 heterocycles. The Hall–Kier alpha value is -2.77. The summed E-state index contributed by atoms with van der Waals surface area (Å²) in [5.41, 5.74) is 2.26. The topological polar surface area (TPSA) is 49.6 Å². The number of fused-ring (bicyclic) bond motifs is 2. The second-order valence-corrected chi connectivity index (χ2v) is 6.08. The molecular weight excluding hydrogens is 350 g/mol. The summed E-state index contributed by atoms with van der Waals surface area (Å²) in [6.45, 7) is 0. The SMILES string of the molecule is N#Cc1c(-c2cc3c(Br)cccc3cn2)ccc2cnccc12. The van der Waals surface area contributed by atoms with Crippen LogP contribution in [-0.4, -0.2) is 9.97 Å². The van der Waals surface area contributed by atoms with Crippen molar-refractivity contribution in [3.8, 4) is 17.3 Å². The molecule has 0 atom stereocenters. The van der Waals surface area contributed by atoms with Crippen LogP contribution >= 0.6 is 15.9 Å². The van der Waals surface area contributed by atoms with Crippen LogP contribution in [0, 0.1) is 11.3 Å². The van der Waals surface area contributed by atoms with E-state index in [1.165, 1.54) is 0 Å². The number of nitriles is 1. The van der Waals surface area contributed by atoms with Crippen LogP contribution in [0.3, 0.4) is 0 Å². The zero-order valence-corrected chi connectivity index (χ0v) is 13.6. The summed E-state index contributed by atoms with van der Waals surface area (Å²) in [6.07, 6.45) is 5.31. The van der Waals surface area contributed by atoms with Crippen LogP contribution in [-0.2, 0) is 0 Å². The average molecular weight is 360 g/mol. The highest BCUT2D eigenvalue weighted by molar-refractivity contribution is 9.10. The molecule has 4 heteroatoms. The normalized spacial score (nSPS) is 10.8. The highest BCUT2D eigenvalue weighted by Crippen LogP contribution is 2.31. The van der Waals surface area contributed by atoms with E-state index in [0.717, 1.165) is 37.3 Å². The van der Waals surface area contributed by atoms with Crippen LogP contribution in [0.2, 0.25) is 0 Å². The Morgan fingerprint density at radius 2 is 1.83 bits per heavy atom. The van der Waals surface area contributed by atoms with E-state index < -0.39 is 0 Å². The fourth-order valence-electron chi connectivity index (χ4n) is 2.78. The first-order valence-corrected chi connectivity index (χ1v) is 7.89. The van der Waals surface area contributed by atoms with Crippen molar-refractivity contribution in [2.45, 2.75) is 0 Å². The van der Waals surface area contributed by atoms with E-state index in [2.05, 4.69) is 32.0 Å². The molecule has 0 aliphatic rings. The van der Waals surface area contributed by atoms with Gasteiger partial charge in [0, 0.05) is 44.8 Å². The second-order valence-electron chi connectivity index (χ2n) is 5.23. The minimum Gasteiger partial charge on any atom is -0.264 e. The molecule has 0 fully saturated rings.